The highest BCUT2D eigenvalue weighted by Gasteiger charge is 2.41. The molecule has 0 saturated heterocycles. The first-order chi connectivity index (χ1) is 15.8. The lowest BCUT2D eigenvalue weighted by atomic mass is 9.87. The summed E-state index contributed by atoms with van der Waals surface area (Å²) < 4.78 is 23.2. The van der Waals surface area contributed by atoms with Gasteiger partial charge in [-0.15, -0.1) is 11.3 Å². The molecule has 1 aliphatic heterocycles. The van der Waals surface area contributed by atoms with Crippen molar-refractivity contribution in [2.75, 3.05) is 6.61 Å². The Labute approximate surface area is 192 Å². The largest absolute Gasteiger partial charge is 0.468 e. The first-order valence-electron chi connectivity index (χ1n) is 10.3. The number of hydrogen-bond acceptors (Lipinski definition) is 9. The van der Waals surface area contributed by atoms with Crippen molar-refractivity contribution >= 4 is 40.7 Å². The second kappa shape index (κ2) is 8.99. The molecular weight excluding hydrogens is 448 g/mol. The Morgan fingerprint density at radius 2 is 1.91 bits per heavy atom. The minimum absolute atomic E-state index is 0.0668. The van der Waals surface area contributed by atoms with Crippen LogP contribution in [-0.2, 0) is 19.1 Å². The highest BCUT2D eigenvalue weighted by Crippen LogP contribution is 2.38. The van der Waals surface area contributed by atoms with Gasteiger partial charge in [0.15, 0.2) is 0 Å². The zero-order chi connectivity index (χ0) is 23.7. The molecule has 4 heterocycles. The fraction of sp³-hybridized carbons (Fsp3) is 0.261. The van der Waals surface area contributed by atoms with Crippen LogP contribution in [0.1, 0.15) is 38.2 Å². The Kier molecular flexibility index (Phi) is 6.10. The molecule has 0 spiro atoms. The maximum absolute atomic E-state index is 13.3. The molecule has 0 aliphatic carbocycles. The fourth-order valence-corrected chi connectivity index (χ4v) is 4.72. The number of carbonyl (C=O) groups excluding carboxylic acids is 2. The van der Waals surface area contributed by atoms with Crippen molar-refractivity contribution in [2.45, 2.75) is 32.8 Å². The van der Waals surface area contributed by atoms with Crippen LogP contribution in [-0.4, -0.2) is 29.2 Å². The first-order valence-corrected chi connectivity index (χ1v) is 11.1. The molecule has 9 nitrogen and oxygen atoms in total. The van der Waals surface area contributed by atoms with E-state index in [0.717, 1.165) is 15.9 Å². The van der Waals surface area contributed by atoms with Crippen LogP contribution < -0.4 is 20.5 Å². The average Bonchev–Trinajstić information content (AvgIpc) is 3.50. The number of nitrogens with zero attached hydrogens (tertiary/aromatic N) is 1. The quantitative estimate of drug-likeness (QED) is 0.537. The molecule has 10 heteroatoms. The number of fused-ring (bicyclic) bond motifs is 1. The van der Waals surface area contributed by atoms with Crippen molar-refractivity contribution in [1.29, 1.82) is 0 Å². The van der Waals surface area contributed by atoms with E-state index in [1.165, 1.54) is 12.5 Å². The van der Waals surface area contributed by atoms with E-state index in [1.54, 1.807) is 51.1 Å². The number of ether oxygens (including phenoxy) is 2. The molecule has 0 radical (unpaired) electrons. The van der Waals surface area contributed by atoms with E-state index in [1.807, 2.05) is 0 Å². The molecule has 2 N–H and O–H groups in total. The fourth-order valence-electron chi connectivity index (χ4n) is 3.57. The van der Waals surface area contributed by atoms with Gasteiger partial charge in [0.2, 0.25) is 0 Å². The van der Waals surface area contributed by atoms with Crippen LogP contribution in [0.25, 0.3) is 17.5 Å². The first kappa shape index (κ1) is 22.4. The summed E-state index contributed by atoms with van der Waals surface area (Å²) in [5.74, 6) is -1.85. The molecule has 3 aromatic rings. The Morgan fingerprint density at radius 1 is 1.18 bits per heavy atom. The lowest BCUT2D eigenvalue weighted by molar-refractivity contribution is -0.140. The number of rotatable bonds is 6. The average molecular weight is 471 g/mol. The standard InChI is InChI=1S/C23H22N2O7S/c1-4-29-22(27)17-16(14-8-6-10-31-14)18(23(28)32-12(2)3)21-25(19(17)24)20(26)15(33-21)11-13-7-5-9-30-13/h5-12,16H,4,24H2,1-3H3/b15-11+. The minimum Gasteiger partial charge on any atom is -0.468 e. The van der Waals surface area contributed by atoms with Crippen molar-refractivity contribution in [2.24, 2.45) is 5.73 Å². The SMILES string of the molecule is CCOC(=O)C1=C(N)n2c(s/c(=C/c3ccco3)c2=O)=C(C(=O)OC(C)C)C1c1ccco1. The molecule has 4 rings (SSSR count). The van der Waals surface area contributed by atoms with Crippen molar-refractivity contribution < 1.29 is 27.9 Å². The smallest absolute Gasteiger partial charge is 0.338 e. The summed E-state index contributed by atoms with van der Waals surface area (Å²) in [5.41, 5.74) is 5.87. The van der Waals surface area contributed by atoms with E-state index in [9.17, 15) is 14.4 Å². The molecule has 0 amide bonds. The third-order valence-electron chi connectivity index (χ3n) is 4.85. The molecule has 1 atom stereocenters. The molecule has 172 valence electrons. The van der Waals surface area contributed by atoms with E-state index in [4.69, 9.17) is 24.0 Å². The number of aromatic nitrogens is 1. The predicted molar refractivity (Wildman–Crippen MR) is 120 cm³/mol. The van der Waals surface area contributed by atoms with Gasteiger partial charge in [-0.2, -0.15) is 0 Å². The zero-order valence-electron chi connectivity index (χ0n) is 18.2. The zero-order valence-corrected chi connectivity index (χ0v) is 19.0. The Balaban J connectivity index is 2.10. The summed E-state index contributed by atoms with van der Waals surface area (Å²) in [6.07, 6.45) is 4.01. The third kappa shape index (κ3) is 4.05. The van der Waals surface area contributed by atoms with Crippen LogP contribution in [0, 0.1) is 0 Å². The van der Waals surface area contributed by atoms with Gasteiger partial charge in [-0.1, -0.05) is 0 Å². The van der Waals surface area contributed by atoms with Gasteiger partial charge >= 0.3 is 11.9 Å². The number of carbonyl (C=O) groups is 2. The lowest BCUT2D eigenvalue weighted by Crippen LogP contribution is -2.42. The van der Waals surface area contributed by atoms with Crippen molar-refractivity contribution in [3.63, 3.8) is 0 Å². The van der Waals surface area contributed by atoms with Crippen LogP contribution in [0.3, 0.4) is 0 Å². The van der Waals surface area contributed by atoms with Crippen LogP contribution in [0.2, 0.25) is 0 Å². The molecule has 1 unspecified atom stereocenters. The maximum atomic E-state index is 13.3. The predicted octanol–water partition coefficient (Wildman–Crippen LogP) is 1.51. The van der Waals surface area contributed by atoms with E-state index in [2.05, 4.69) is 0 Å². The number of thiazole rings is 1. The molecular formula is C23H22N2O7S. The number of nitrogens with two attached hydrogens (primary N) is 1. The van der Waals surface area contributed by atoms with Gasteiger partial charge in [0.1, 0.15) is 22.0 Å². The van der Waals surface area contributed by atoms with Gasteiger partial charge in [-0.05, 0) is 45.0 Å². The normalized spacial score (nSPS) is 16.3. The summed E-state index contributed by atoms with van der Waals surface area (Å²) >= 11 is 1.04. The highest BCUT2D eigenvalue weighted by molar-refractivity contribution is 7.07. The van der Waals surface area contributed by atoms with Crippen molar-refractivity contribution in [3.05, 3.63) is 73.4 Å². The van der Waals surface area contributed by atoms with Gasteiger partial charge in [-0.3, -0.25) is 9.36 Å². The van der Waals surface area contributed by atoms with Gasteiger partial charge in [-0.25, -0.2) is 9.59 Å². The van der Waals surface area contributed by atoms with E-state index >= 15 is 0 Å². The van der Waals surface area contributed by atoms with Crippen LogP contribution in [0.15, 0.2) is 56.0 Å². The second-order valence-electron chi connectivity index (χ2n) is 7.41. The highest BCUT2D eigenvalue weighted by atomic mass is 32.1. The summed E-state index contributed by atoms with van der Waals surface area (Å²) in [6, 6.07) is 6.63. The number of hydrogen-bond donors (Lipinski definition) is 1. The van der Waals surface area contributed by atoms with Gasteiger partial charge < -0.3 is 24.0 Å². The summed E-state index contributed by atoms with van der Waals surface area (Å²) in [4.78, 5) is 39.6. The molecule has 0 saturated carbocycles. The number of furan rings is 2. The molecule has 1 aliphatic rings. The molecule has 0 aromatic carbocycles. The second-order valence-corrected chi connectivity index (χ2v) is 8.44. The van der Waals surface area contributed by atoms with E-state index in [-0.39, 0.29) is 32.8 Å². The molecule has 0 bridgehead atoms. The molecule has 33 heavy (non-hydrogen) atoms. The van der Waals surface area contributed by atoms with Crippen LogP contribution in [0.4, 0.5) is 0 Å². The summed E-state index contributed by atoms with van der Waals surface area (Å²) in [5, 5.41) is 0. The van der Waals surface area contributed by atoms with Gasteiger partial charge in [0, 0.05) is 6.08 Å². The van der Waals surface area contributed by atoms with Crippen molar-refractivity contribution in [3.8, 4) is 0 Å². The van der Waals surface area contributed by atoms with Crippen molar-refractivity contribution in [1.82, 2.24) is 4.57 Å². The minimum atomic E-state index is -1.01. The topological polar surface area (TPSA) is 127 Å². The Bertz CT molecular complexity index is 1390. The van der Waals surface area contributed by atoms with E-state index in [0.29, 0.717) is 11.5 Å². The maximum Gasteiger partial charge on any atom is 0.338 e. The number of esters is 2. The van der Waals surface area contributed by atoms with Gasteiger partial charge in [0.05, 0.1) is 46.8 Å². The lowest BCUT2D eigenvalue weighted by Gasteiger charge is -2.25. The monoisotopic (exact) mass is 470 g/mol. The molecule has 3 aromatic heterocycles. The summed E-state index contributed by atoms with van der Waals surface area (Å²) in [7, 11) is 0. The van der Waals surface area contributed by atoms with Gasteiger partial charge in [0.25, 0.3) is 5.56 Å². The third-order valence-corrected chi connectivity index (χ3v) is 5.96. The van der Waals surface area contributed by atoms with Crippen LogP contribution in [0.5, 0.6) is 0 Å². The summed E-state index contributed by atoms with van der Waals surface area (Å²) in [6.45, 7) is 5.14. The Hall–Kier alpha value is -3.79. The Morgan fingerprint density at radius 3 is 2.52 bits per heavy atom. The van der Waals surface area contributed by atoms with E-state index < -0.39 is 29.5 Å². The molecule has 0 fully saturated rings. The van der Waals surface area contributed by atoms with Crippen LogP contribution >= 0.6 is 11.3 Å².